The van der Waals surface area contributed by atoms with E-state index in [0.717, 1.165) is 30.8 Å². The molecule has 0 saturated carbocycles. The Morgan fingerprint density at radius 3 is 2.58 bits per heavy atom. The maximum atomic E-state index is 13.5. The Morgan fingerprint density at radius 1 is 1.00 bits per heavy atom. The first kappa shape index (κ1) is 27.4. The molecule has 5 rings (SSSR count). The van der Waals surface area contributed by atoms with Gasteiger partial charge in [0.25, 0.3) is 11.8 Å². The van der Waals surface area contributed by atoms with Crippen molar-refractivity contribution < 1.29 is 19.1 Å². The predicted octanol–water partition coefficient (Wildman–Crippen LogP) is 5.24. The second kappa shape index (κ2) is 11.5. The van der Waals surface area contributed by atoms with Gasteiger partial charge in [-0.1, -0.05) is 50.2 Å². The summed E-state index contributed by atoms with van der Waals surface area (Å²) in [7, 11) is 0. The molecule has 0 bridgehead atoms. The van der Waals surface area contributed by atoms with Crippen molar-refractivity contribution >= 4 is 17.5 Å². The molecule has 3 aliphatic rings. The highest BCUT2D eigenvalue weighted by molar-refractivity contribution is 6.18. The van der Waals surface area contributed by atoms with Crippen LogP contribution in [0.5, 0.6) is 5.75 Å². The Labute approximate surface area is 236 Å². The van der Waals surface area contributed by atoms with Crippen molar-refractivity contribution in [3.8, 4) is 11.8 Å². The third-order valence-electron chi connectivity index (χ3n) is 7.97. The van der Waals surface area contributed by atoms with Gasteiger partial charge in [0.05, 0.1) is 6.61 Å². The summed E-state index contributed by atoms with van der Waals surface area (Å²) in [4.78, 5) is 30.1. The van der Waals surface area contributed by atoms with E-state index in [4.69, 9.17) is 9.47 Å². The molecule has 0 fully saturated rings. The fourth-order valence-electron chi connectivity index (χ4n) is 5.85. The molecule has 7 nitrogen and oxygen atoms in total. The van der Waals surface area contributed by atoms with Crippen LogP contribution >= 0.6 is 0 Å². The van der Waals surface area contributed by atoms with Gasteiger partial charge in [0.1, 0.15) is 24.0 Å². The number of amides is 2. The number of carbonyl (C=O) groups is 2. The lowest BCUT2D eigenvalue weighted by Gasteiger charge is -2.30. The number of para-hydroxylation sites is 2. The first-order chi connectivity index (χ1) is 19.3. The number of ether oxygens (including phenoxy) is 2. The molecule has 2 aromatic rings. The molecule has 40 heavy (non-hydrogen) atoms. The Kier molecular flexibility index (Phi) is 7.90. The van der Waals surface area contributed by atoms with Gasteiger partial charge in [0.2, 0.25) is 0 Å². The quantitative estimate of drug-likeness (QED) is 0.247. The Hall–Kier alpha value is -4.15. The van der Waals surface area contributed by atoms with E-state index < -0.39 is 5.91 Å². The first-order valence-corrected chi connectivity index (χ1v) is 13.9. The minimum atomic E-state index is -0.545. The zero-order chi connectivity index (χ0) is 28.3. The highest BCUT2D eigenvalue weighted by Gasteiger charge is 2.42. The Bertz CT molecular complexity index is 1450. The van der Waals surface area contributed by atoms with Gasteiger partial charge >= 0.3 is 0 Å². The zero-order valence-corrected chi connectivity index (χ0v) is 23.4. The zero-order valence-electron chi connectivity index (χ0n) is 23.4. The Balaban J connectivity index is 1.28. The minimum Gasteiger partial charge on any atom is -0.491 e. The monoisotopic (exact) mass is 537 g/mol. The third kappa shape index (κ3) is 5.07. The van der Waals surface area contributed by atoms with E-state index in [1.165, 1.54) is 21.7 Å². The molecule has 0 aromatic heterocycles. The van der Waals surface area contributed by atoms with E-state index in [0.29, 0.717) is 37.4 Å². The number of nitriles is 1. The predicted molar refractivity (Wildman–Crippen MR) is 154 cm³/mol. The molecule has 0 unspecified atom stereocenters. The van der Waals surface area contributed by atoms with Crippen LogP contribution in [-0.2, 0) is 26.2 Å². The number of nitrogens with zero attached hydrogens (tertiary/aromatic N) is 3. The van der Waals surface area contributed by atoms with Crippen molar-refractivity contribution in [1.29, 1.82) is 5.26 Å². The van der Waals surface area contributed by atoms with Crippen LogP contribution in [0.25, 0.3) is 0 Å². The average molecular weight is 538 g/mol. The minimum absolute atomic E-state index is 0.00987. The van der Waals surface area contributed by atoms with Crippen LogP contribution in [0.4, 0.5) is 5.69 Å². The summed E-state index contributed by atoms with van der Waals surface area (Å²) in [5, 5.41) is 9.76. The second-order valence-electron chi connectivity index (χ2n) is 10.8. The summed E-state index contributed by atoms with van der Waals surface area (Å²) in [6.07, 6.45) is 6.40. The number of imide groups is 1. The molecule has 0 aliphatic carbocycles. The molecule has 206 valence electrons. The molecule has 3 heterocycles. The number of aryl methyl sites for hydroxylation is 1. The van der Waals surface area contributed by atoms with Gasteiger partial charge in [-0.05, 0) is 67.2 Å². The molecule has 3 aliphatic heterocycles. The van der Waals surface area contributed by atoms with Gasteiger partial charge in [-0.15, -0.1) is 0 Å². The number of rotatable bonds is 9. The van der Waals surface area contributed by atoms with Crippen LogP contribution in [0.15, 0.2) is 83.1 Å². The van der Waals surface area contributed by atoms with Crippen molar-refractivity contribution in [2.45, 2.75) is 45.4 Å². The highest BCUT2D eigenvalue weighted by Crippen LogP contribution is 2.51. The summed E-state index contributed by atoms with van der Waals surface area (Å²) < 4.78 is 11.3. The molecule has 0 spiro atoms. The summed E-state index contributed by atoms with van der Waals surface area (Å²) in [6.45, 7) is 8.37. The number of hydrogen-bond acceptors (Lipinski definition) is 6. The van der Waals surface area contributed by atoms with Crippen LogP contribution in [0.3, 0.4) is 0 Å². The van der Waals surface area contributed by atoms with Crippen LogP contribution < -0.4 is 9.64 Å². The largest absolute Gasteiger partial charge is 0.491 e. The van der Waals surface area contributed by atoms with Crippen molar-refractivity contribution in [3.05, 3.63) is 94.2 Å². The summed E-state index contributed by atoms with van der Waals surface area (Å²) >= 11 is 0. The lowest BCUT2D eigenvalue weighted by atomic mass is 9.83. The van der Waals surface area contributed by atoms with E-state index in [-0.39, 0.29) is 23.4 Å². The van der Waals surface area contributed by atoms with E-state index in [2.05, 4.69) is 36.9 Å². The first-order valence-electron chi connectivity index (χ1n) is 13.9. The van der Waals surface area contributed by atoms with Crippen LogP contribution in [0, 0.1) is 11.3 Å². The van der Waals surface area contributed by atoms with Gasteiger partial charge in [-0.25, -0.2) is 0 Å². The fourth-order valence-corrected chi connectivity index (χ4v) is 5.85. The van der Waals surface area contributed by atoms with Crippen molar-refractivity contribution in [2.24, 2.45) is 0 Å². The maximum Gasteiger partial charge on any atom is 0.271 e. The van der Waals surface area contributed by atoms with Gasteiger partial charge < -0.3 is 14.4 Å². The molecular formula is C33H35N3O4. The summed E-state index contributed by atoms with van der Waals surface area (Å²) in [5.41, 5.74) is 5.64. The van der Waals surface area contributed by atoms with Crippen molar-refractivity contribution in [3.63, 3.8) is 0 Å². The molecule has 0 atom stereocenters. The molecule has 0 saturated heterocycles. The van der Waals surface area contributed by atoms with Gasteiger partial charge in [-0.2, -0.15) is 5.26 Å². The highest BCUT2D eigenvalue weighted by atomic mass is 16.5. The number of hydrogen-bond donors (Lipinski definition) is 0. The average Bonchev–Trinajstić information content (AvgIpc) is 3.18. The summed E-state index contributed by atoms with van der Waals surface area (Å²) in [6, 6.07) is 18.0. The van der Waals surface area contributed by atoms with Crippen LogP contribution in [0.2, 0.25) is 0 Å². The van der Waals surface area contributed by atoms with E-state index in [1.54, 1.807) is 13.0 Å². The van der Waals surface area contributed by atoms with E-state index >= 15 is 0 Å². The number of benzene rings is 2. The third-order valence-corrected chi connectivity index (χ3v) is 7.97. The van der Waals surface area contributed by atoms with E-state index in [9.17, 15) is 14.9 Å². The lowest BCUT2D eigenvalue weighted by molar-refractivity contribution is -0.140. The van der Waals surface area contributed by atoms with Crippen molar-refractivity contribution in [2.75, 3.05) is 37.8 Å². The molecule has 2 amide bonds. The Morgan fingerprint density at radius 2 is 1.80 bits per heavy atom. The van der Waals surface area contributed by atoms with Gasteiger partial charge in [0.15, 0.2) is 0 Å². The molecular weight excluding hydrogens is 502 g/mol. The number of allylic oxidation sites excluding steroid dienone is 3. The van der Waals surface area contributed by atoms with E-state index in [1.807, 2.05) is 42.5 Å². The second-order valence-corrected chi connectivity index (χ2v) is 10.8. The molecule has 7 heteroatoms. The lowest BCUT2D eigenvalue weighted by Crippen LogP contribution is -2.43. The van der Waals surface area contributed by atoms with Crippen LogP contribution in [-0.4, -0.2) is 49.6 Å². The standard InChI is InChI=1S/C33H35N3O4/c1-23-26(15-16-29-33(2,3)28-14-7-10-24-11-8-17-35(29)30(24)28)31(37)36(32(38)27(23)22-34)18-9-19-39-20-21-40-25-12-5-4-6-13-25/h4-7,10,12-16H,8-9,11,17-21H2,1-3H3/b26-15-,29-16+. The molecule has 0 radical (unpaired) electrons. The normalized spacial score (nSPS) is 19.9. The van der Waals surface area contributed by atoms with Gasteiger partial charge in [-0.3, -0.25) is 14.5 Å². The maximum absolute atomic E-state index is 13.5. The smallest absolute Gasteiger partial charge is 0.271 e. The van der Waals surface area contributed by atoms with Gasteiger partial charge in [0, 0.05) is 42.1 Å². The number of anilines is 1. The SMILES string of the molecule is CC1=C(C#N)C(=O)N(CCCOCCOc2ccccc2)C(=O)/C1=C\C=C1\N2CCCc3cccc(c32)C1(C)C. The topological polar surface area (TPSA) is 82.9 Å². The fraction of sp³-hybridized carbons (Fsp3) is 0.364. The van der Waals surface area contributed by atoms with Crippen LogP contribution in [0.1, 0.15) is 44.7 Å². The molecule has 0 N–H and O–H groups in total. The number of carbonyl (C=O) groups excluding carboxylic acids is 2. The summed E-state index contributed by atoms with van der Waals surface area (Å²) in [5.74, 6) is -0.142. The molecule has 2 aromatic carbocycles. The van der Waals surface area contributed by atoms with Crippen molar-refractivity contribution in [1.82, 2.24) is 4.90 Å².